The zero-order chi connectivity index (χ0) is 11.8. The molecule has 3 aromatic rings. The molecule has 84 valence electrons. The quantitative estimate of drug-likeness (QED) is 0.653. The highest BCUT2D eigenvalue weighted by Crippen LogP contribution is 2.29. The maximum Gasteiger partial charge on any atom is 0.204 e. The highest BCUT2D eigenvalue weighted by atomic mass is 35.5. The van der Waals surface area contributed by atoms with Gasteiger partial charge < -0.3 is 4.52 Å². The lowest BCUT2D eigenvalue weighted by atomic mass is 10.1. The van der Waals surface area contributed by atoms with Crippen LogP contribution in [0.4, 0.5) is 0 Å². The van der Waals surface area contributed by atoms with E-state index in [1.165, 1.54) is 0 Å². The Hall–Kier alpha value is -1.87. The van der Waals surface area contributed by atoms with Crippen molar-refractivity contribution in [1.29, 1.82) is 0 Å². The SMILES string of the molecule is Cc1noc2c(Cl)cc(-c3ccccc3)nc12. The van der Waals surface area contributed by atoms with E-state index in [0.717, 1.165) is 22.5 Å². The molecule has 4 heteroatoms. The van der Waals surface area contributed by atoms with E-state index < -0.39 is 0 Å². The van der Waals surface area contributed by atoms with Crippen LogP contribution in [-0.4, -0.2) is 10.1 Å². The third-order valence-corrected chi connectivity index (χ3v) is 2.89. The molecular formula is C13H9ClN2O. The summed E-state index contributed by atoms with van der Waals surface area (Å²) < 4.78 is 5.13. The Morgan fingerprint density at radius 1 is 1.18 bits per heavy atom. The molecule has 0 N–H and O–H groups in total. The Balaban J connectivity index is 2.28. The number of hydrogen-bond acceptors (Lipinski definition) is 3. The van der Waals surface area contributed by atoms with Crippen molar-refractivity contribution in [2.75, 3.05) is 0 Å². The third kappa shape index (κ3) is 1.68. The van der Waals surface area contributed by atoms with Crippen LogP contribution < -0.4 is 0 Å². The zero-order valence-electron chi connectivity index (χ0n) is 9.14. The molecule has 0 unspecified atom stereocenters. The predicted octanol–water partition coefficient (Wildman–Crippen LogP) is 3.85. The topological polar surface area (TPSA) is 38.9 Å². The molecule has 0 bridgehead atoms. The number of benzene rings is 1. The predicted molar refractivity (Wildman–Crippen MR) is 67.0 cm³/mol. The van der Waals surface area contributed by atoms with Crippen molar-refractivity contribution in [1.82, 2.24) is 10.1 Å². The fraction of sp³-hybridized carbons (Fsp3) is 0.0769. The molecule has 0 fully saturated rings. The van der Waals surface area contributed by atoms with Gasteiger partial charge in [-0.3, -0.25) is 0 Å². The largest absolute Gasteiger partial charge is 0.353 e. The summed E-state index contributed by atoms with van der Waals surface area (Å²) in [6.07, 6.45) is 0. The molecule has 2 heterocycles. The van der Waals surface area contributed by atoms with Gasteiger partial charge in [0.15, 0.2) is 0 Å². The first kappa shape index (κ1) is 10.3. The molecule has 3 nitrogen and oxygen atoms in total. The zero-order valence-corrected chi connectivity index (χ0v) is 9.90. The summed E-state index contributed by atoms with van der Waals surface area (Å²) in [5, 5.41) is 4.41. The van der Waals surface area contributed by atoms with Gasteiger partial charge in [0.25, 0.3) is 0 Å². The average Bonchev–Trinajstić information content (AvgIpc) is 2.73. The normalized spacial score (nSPS) is 10.9. The van der Waals surface area contributed by atoms with Crippen LogP contribution in [0.3, 0.4) is 0 Å². The van der Waals surface area contributed by atoms with E-state index in [4.69, 9.17) is 16.1 Å². The summed E-state index contributed by atoms with van der Waals surface area (Å²) in [6.45, 7) is 1.85. The third-order valence-electron chi connectivity index (χ3n) is 2.61. The number of nitrogens with zero attached hydrogens (tertiary/aromatic N) is 2. The fourth-order valence-corrected chi connectivity index (χ4v) is 1.98. The van der Waals surface area contributed by atoms with Crippen LogP contribution in [0, 0.1) is 6.92 Å². The summed E-state index contributed by atoms with van der Waals surface area (Å²) in [4.78, 5) is 4.53. The van der Waals surface area contributed by atoms with Crippen molar-refractivity contribution in [3.8, 4) is 11.3 Å². The number of pyridine rings is 1. The van der Waals surface area contributed by atoms with Gasteiger partial charge in [-0.2, -0.15) is 0 Å². The van der Waals surface area contributed by atoms with E-state index in [0.29, 0.717) is 10.6 Å². The number of rotatable bonds is 1. The average molecular weight is 245 g/mol. The Morgan fingerprint density at radius 3 is 2.71 bits per heavy atom. The molecule has 0 amide bonds. The van der Waals surface area contributed by atoms with Crippen molar-refractivity contribution in [3.63, 3.8) is 0 Å². The molecule has 0 spiro atoms. The van der Waals surface area contributed by atoms with Gasteiger partial charge in [0.1, 0.15) is 11.2 Å². The second kappa shape index (κ2) is 3.86. The molecular weight excluding hydrogens is 236 g/mol. The Labute approximate surface area is 103 Å². The van der Waals surface area contributed by atoms with Crippen LogP contribution in [0.1, 0.15) is 5.69 Å². The molecule has 0 radical (unpaired) electrons. The van der Waals surface area contributed by atoms with Crippen LogP contribution in [0.5, 0.6) is 0 Å². The van der Waals surface area contributed by atoms with Gasteiger partial charge in [-0.1, -0.05) is 47.1 Å². The number of fused-ring (bicyclic) bond motifs is 1. The van der Waals surface area contributed by atoms with Crippen LogP contribution in [0.15, 0.2) is 40.9 Å². The highest BCUT2D eigenvalue weighted by molar-refractivity contribution is 6.35. The van der Waals surface area contributed by atoms with Gasteiger partial charge in [-0.05, 0) is 13.0 Å². The first-order valence-electron chi connectivity index (χ1n) is 5.23. The van der Waals surface area contributed by atoms with E-state index in [9.17, 15) is 0 Å². The number of aromatic nitrogens is 2. The minimum absolute atomic E-state index is 0.537. The lowest BCUT2D eigenvalue weighted by Gasteiger charge is -2.01. The molecule has 0 aliphatic rings. The molecule has 0 aliphatic heterocycles. The molecule has 0 saturated carbocycles. The van der Waals surface area contributed by atoms with Crippen molar-refractivity contribution in [3.05, 3.63) is 47.1 Å². The van der Waals surface area contributed by atoms with Crippen LogP contribution in [0.25, 0.3) is 22.4 Å². The smallest absolute Gasteiger partial charge is 0.204 e. The lowest BCUT2D eigenvalue weighted by Crippen LogP contribution is -1.85. The highest BCUT2D eigenvalue weighted by Gasteiger charge is 2.12. The molecule has 2 aromatic heterocycles. The van der Waals surface area contributed by atoms with Crippen LogP contribution in [-0.2, 0) is 0 Å². The molecule has 0 aliphatic carbocycles. The van der Waals surface area contributed by atoms with E-state index in [-0.39, 0.29) is 0 Å². The monoisotopic (exact) mass is 244 g/mol. The summed E-state index contributed by atoms with van der Waals surface area (Å²) in [6, 6.07) is 11.7. The van der Waals surface area contributed by atoms with E-state index in [1.54, 1.807) is 6.07 Å². The first-order chi connectivity index (χ1) is 8.25. The van der Waals surface area contributed by atoms with Crippen LogP contribution >= 0.6 is 11.6 Å². The van der Waals surface area contributed by atoms with Gasteiger partial charge >= 0.3 is 0 Å². The van der Waals surface area contributed by atoms with Crippen molar-refractivity contribution in [2.24, 2.45) is 0 Å². The van der Waals surface area contributed by atoms with E-state index >= 15 is 0 Å². The van der Waals surface area contributed by atoms with Crippen molar-refractivity contribution >= 4 is 22.7 Å². The summed E-state index contributed by atoms with van der Waals surface area (Å²) >= 11 is 6.15. The summed E-state index contributed by atoms with van der Waals surface area (Å²) in [5.74, 6) is 0. The Bertz CT molecular complexity index is 676. The fourth-order valence-electron chi connectivity index (χ4n) is 1.75. The van der Waals surface area contributed by atoms with Gasteiger partial charge in [-0.25, -0.2) is 4.98 Å². The van der Waals surface area contributed by atoms with E-state index in [1.807, 2.05) is 37.3 Å². The standard InChI is InChI=1S/C13H9ClN2O/c1-8-12-13(17-16-8)10(14)7-11(15-12)9-5-3-2-4-6-9/h2-7H,1H3. The maximum atomic E-state index is 6.15. The molecule has 3 rings (SSSR count). The number of hydrogen-bond donors (Lipinski definition) is 0. The number of aryl methyl sites for hydroxylation is 1. The second-order valence-corrected chi connectivity index (χ2v) is 4.21. The van der Waals surface area contributed by atoms with Crippen molar-refractivity contribution in [2.45, 2.75) is 6.92 Å². The van der Waals surface area contributed by atoms with Gasteiger partial charge in [0.2, 0.25) is 5.58 Å². The van der Waals surface area contributed by atoms with E-state index in [2.05, 4.69) is 10.1 Å². The Kier molecular flexibility index (Phi) is 2.34. The Morgan fingerprint density at radius 2 is 1.94 bits per heavy atom. The second-order valence-electron chi connectivity index (χ2n) is 3.80. The van der Waals surface area contributed by atoms with Gasteiger partial charge in [0, 0.05) is 5.56 Å². The van der Waals surface area contributed by atoms with Crippen LogP contribution in [0.2, 0.25) is 5.02 Å². The lowest BCUT2D eigenvalue weighted by molar-refractivity contribution is 0.450. The minimum atomic E-state index is 0.537. The van der Waals surface area contributed by atoms with Gasteiger partial charge in [-0.15, -0.1) is 0 Å². The molecule has 0 atom stereocenters. The maximum absolute atomic E-state index is 6.15. The van der Waals surface area contributed by atoms with Crippen molar-refractivity contribution < 1.29 is 4.52 Å². The molecule has 0 saturated heterocycles. The molecule has 17 heavy (non-hydrogen) atoms. The number of halogens is 1. The minimum Gasteiger partial charge on any atom is -0.353 e. The molecule has 1 aromatic carbocycles. The first-order valence-corrected chi connectivity index (χ1v) is 5.61. The van der Waals surface area contributed by atoms with Gasteiger partial charge in [0.05, 0.1) is 10.7 Å². The summed E-state index contributed by atoms with van der Waals surface area (Å²) in [7, 11) is 0. The summed E-state index contributed by atoms with van der Waals surface area (Å²) in [5.41, 5.74) is 3.87.